The van der Waals surface area contributed by atoms with Gasteiger partial charge in [-0.1, -0.05) is 36.7 Å². The highest BCUT2D eigenvalue weighted by molar-refractivity contribution is 9.09. The standard InChI is InChI=1S/C24H31BrO8/c1-11-13-5-6-14-23(8-13,19(11)28)21(29)32-16-7-15(31-12(2)26)22(3,4)18-20(33-17(27)9-25)30-10-24(14,16)18/h11,13-16,18,20H,5-10H2,1-4H3. The van der Waals surface area contributed by atoms with Crippen LogP contribution in [-0.4, -0.2) is 54.1 Å². The summed E-state index contributed by atoms with van der Waals surface area (Å²) >= 11 is 3.14. The second-order valence-corrected chi connectivity index (χ2v) is 11.7. The molecule has 0 aromatic rings. The van der Waals surface area contributed by atoms with Gasteiger partial charge in [-0.05, 0) is 31.1 Å². The fourth-order valence-corrected chi connectivity index (χ4v) is 8.31. The van der Waals surface area contributed by atoms with E-state index in [1.807, 2.05) is 20.8 Å². The minimum Gasteiger partial charge on any atom is -0.462 e. The van der Waals surface area contributed by atoms with Gasteiger partial charge in [-0.15, -0.1) is 0 Å². The van der Waals surface area contributed by atoms with Gasteiger partial charge in [0.15, 0.2) is 5.78 Å². The van der Waals surface area contributed by atoms with Crippen LogP contribution in [0.3, 0.4) is 0 Å². The normalized spacial score (nSPS) is 47.1. The van der Waals surface area contributed by atoms with E-state index in [0.717, 1.165) is 12.8 Å². The molecule has 2 heterocycles. The molecule has 5 aliphatic rings. The molecule has 2 spiro atoms. The number of ketones is 1. The number of Topliss-reactive ketones (excluding diaryl/α,β-unsaturated/α-hetero) is 1. The molecular weight excluding hydrogens is 496 g/mol. The smallest absolute Gasteiger partial charge is 0.320 e. The number of fused-ring (bicyclic) bond motifs is 1. The minimum absolute atomic E-state index is 0.0177. The molecule has 33 heavy (non-hydrogen) atoms. The van der Waals surface area contributed by atoms with Gasteiger partial charge in [-0.2, -0.15) is 0 Å². The quantitative estimate of drug-likeness (QED) is 0.239. The summed E-state index contributed by atoms with van der Waals surface area (Å²) in [4.78, 5) is 51.3. The van der Waals surface area contributed by atoms with Gasteiger partial charge >= 0.3 is 17.9 Å². The summed E-state index contributed by atoms with van der Waals surface area (Å²) in [5.74, 6) is -2.02. The first kappa shape index (κ1) is 23.3. The molecule has 9 unspecified atom stereocenters. The van der Waals surface area contributed by atoms with E-state index in [4.69, 9.17) is 18.9 Å². The number of carbonyl (C=O) groups excluding carboxylic acids is 4. The first-order valence-electron chi connectivity index (χ1n) is 11.8. The second kappa shape index (κ2) is 7.51. The van der Waals surface area contributed by atoms with Crippen LogP contribution in [0, 0.1) is 39.9 Å². The summed E-state index contributed by atoms with van der Waals surface area (Å²) in [6.45, 7) is 7.48. The molecule has 3 aliphatic carbocycles. The Morgan fingerprint density at radius 3 is 2.58 bits per heavy atom. The zero-order valence-corrected chi connectivity index (χ0v) is 21.0. The van der Waals surface area contributed by atoms with Crippen LogP contribution < -0.4 is 0 Å². The molecule has 182 valence electrons. The lowest BCUT2D eigenvalue weighted by atomic mass is 9.43. The van der Waals surface area contributed by atoms with Crippen LogP contribution in [0.4, 0.5) is 0 Å². The molecular formula is C24H31BrO8. The largest absolute Gasteiger partial charge is 0.462 e. The average molecular weight is 527 g/mol. The molecule has 9 heteroatoms. The van der Waals surface area contributed by atoms with Crippen molar-refractivity contribution in [3.8, 4) is 0 Å². The predicted octanol–water partition coefficient (Wildman–Crippen LogP) is 2.79. The van der Waals surface area contributed by atoms with Gasteiger partial charge in [-0.25, -0.2) is 0 Å². The molecule has 5 rings (SSSR count). The molecule has 0 aromatic heterocycles. The van der Waals surface area contributed by atoms with Gasteiger partial charge in [0, 0.05) is 36.0 Å². The van der Waals surface area contributed by atoms with Crippen LogP contribution in [0.25, 0.3) is 0 Å². The number of alkyl halides is 1. The Kier molecular flexibility index (Phi) is 5.29. The highest BCUT2D eigenvalue weighted by Crippen LogP contribution is 2.71. The van der Waals surface area contributed by atoms with Gasteiger partial charge in [0.25, 0.3) is 0 Å². The summed E-state index contributed by atoms with van der Waals surface area (Å²) in [7, 11) is 0. The maximum atomic E-state index is 13.6. The summed E-state index contributed by atoms with van der Waals surface area (Å²) < 4.78 is 23.7. The summed E-state index contributed by atoms with van der Waals surface area (Å²) in [5.41, 5.74) is -2.51. The Balaban J connectivity index is 1.65. The summed E-state index contributed by atoms with van der Waals surface area (Å²) in [5, 5.41) is 0.0177. The van der Waals surface area contributed by atoms with Crippen LogP contribution in [0.15, 0.2) is 0 Å². The molecule has 3 saturated carbocycles. The van der Waals surface area contributed by atoms with Crippen LogP contribution in [0.1, 0.15) is 53.4 Å². The fourth-order valence-electron chi connectivity index (χ4n) is 8.18. The van der Waals surface area contributed by atoms with Gasteiger partial charge in [0.1, 0.15) is 23.0 Å². The lowest BCUT2D eigenvalue weighted by molar-refractivity contribution is -0.258. The first-order chi connectivity index (χ1) is 15.5. The summed E-state index contributed by atoms with van der Waals surface area (Å²) in [6.07, 6.45) is 0.408. The SMILES string of the molecule is CC(=O)OC1CC2OC(=O)C34CC(CCC3C23COC(OC(=O)CBr)C3C1(C)C)C(C)C4=O. The van der Waals surface area contributed by atoms with E-state index in [1.165, 1.54) is 6.92 Å². The third-order valence-corrected chi connectivity index (χ3v) is 9.96. The van der Waals surface area contributed by atoms with Gasteiger partial charge in [0.2, 0.25) is 6.29 Å². The van der Waals surface area contributed by atoms with Crippen LogP contribution in [0.2, 0.25) is 0 Å². The lowest BCUT2D eigenvalue weighted by Crippen LogP contribution is -2.70. The Bertz CT molecular complexity index is 916. The molecule has 2 bridgehead atoms. The van der Waals surface area contributed by atoms with E-state index >= 15 is 0 Å². The first-order valence-corrected chi connectivity index (χ1v) is 12.9. The van der Waals surface area contributed by atoms with Gasteiger partial charge < -0.3 is 18.9 Å². The molecule has 2 aliphatic heterocycles. The number of rotatable bonds is 3. The van der Waals surface area contributed by atoms with E-state index in [2.05, 4.69) is 15.9 Å². The number of hydrogen-bond donors (Lipinski definition) is 0. The number of hydrogen-bond acceptors (Lipinski definition) is 8. The minimum atomic E-state index is -1.17. The molecule has 9 atom stereocenters. The number of ether oxygens (including phenoxy) is 4. The second-order valence-electron chi connectivity index (χ2n) is 11.2. The topological polar surface area (TPSA) is 105 Å². The monoisotopic (exact) mass is 526 g/mol. The maximum Gasteiger partial charge on any atom is 0.320 e. The van der Waals surface area contributed by atoms with Crippen molar-refractivity contribution in [2.45, 2.75) is 71.9 Å². The van der Waals surface area contributed by atoms with Crippen molar-refractivity contribution in [2.75, 3.05) is 11.9 Å². The van der Waals surface area contributed by atoms with Crippen molar-refractivity contribution in [1.82, 2.24) is 0 Å². The molecule has 5 fully saturated rings. The fraction of sp³-hybridized carbons (Fsp3) is 0.833. The van der Waals surface area contributed by atoms with E-state index in [1.54, 1.807) is 0 Å². The van der Waals surface area contributed by atoms with Crippen molar-refractivity contribution in [1.29, 1.82) is 0 Å². The third-order valence-electron chi connectivity index (χ3n) is 9.50. The molecule has 0 amide bonds. The van der Waals surface area contributed by atoms with Crippen molar-refractivity contribution in [2.24, 2.45) is 39.9 Å². The van der Waals surface area contributed by atoms with Crippen LogP contribution >= 0.6 is 15.9 Å². The van der Waals surface area contributed by atoms with E-state index in [9.17, 15) is 19.2 Å². The van der Waals surface area contributed by atoms with E-state index in [-0.39, 0.29) is 35.5 Å². The van der Waals surface area contributed by atoms with E-state index < -0.39 is 58.6 Å². The highest BCUT2D eigenvalue weighted by atomic mass is 79.9. The van der Waals surface area contributed by atoms with E-state index in [0.29, 0.717) is 12.8 Å². The van der Waals surface area contributed by atoms with Gasteiger partial charge in [-0.3, -0.25) is 19.2 Å². The van der Waals surface area contributed by atoms with Crippen LogP contribution in [-0.2, 0) is 38.1 Å². The third kappa shape index (κ3) is 2.90. The number of carbonyl (C=O) groups is 4. The predicted molar refractivity (Wildman–Crippen MR) is 117 cm³/mol. The Hall–Kier alpha value is -1.48. The molecule has 0 radical (unpaired) electrons. The summed E-state index contributed by atoms with van der Waals surface area (Å²) in [6, 6.07) is 0. The zero-order chi connectivity index (χ0) is 23.9. The zero-order valence-electron chi connectivity index (χ0n) is 19.4. The van der Waals surface area contributed by atoms with Crippen molar-refractivity contribution in [3.63, 3.8) is 0 Å². The molecule has 2 saturated heterocycles. The molecule has 0 N–H and O–H groups in total. The Labute approximate surface area is 201 Å². The van der Waals surface area contributed by atoms with Crippen LogP contribution in [0.5, 0.6) is 0 Å². The Morgan fingerprint density at radius 2 is 1.91 bits per heavy atom. The van der Waals surface area contributed by atoms with Crippen molar-refractivity contribution in [3.05, 3.63) is 0 Å². The highest BCUT2D eigenvalue weighted by Gasteiger charge is 2.79. The average Bonchev–Trinajstić information content (AvgIpc) is 3.22. The maximum absolute atomic E-state index is 13.6. The molecule has 8 nitrogen and oxygen atoms in total. The van der Waals surface area contributed by atoms with Gasteiger partial charge in [0.05, 0.1) is 6.61 Å². The number of esters is 3. The van der Waals surface area contributed by atoms with Crippen molar-refractivity contribution < 1.29 is 38.1 Å². The molecule has 0 aromatic carbocycles. The van der Waals surface area contributed by atoms with Crippen molar-refractivity contribution >= 4 is 39.6 Å². The number of halogens is 1. The Morgan fingerprint density at radius 1 is 1.18 bits per heavy atom. The lowest BCUT2D eigenvalue weighted by Gasteiger charge is -2.63.